The number of Topliss-reactive ketones (excluding diaryl/α,β-unsaturated/α-hetero) is 1. The smallest absolute Gasteiger partial charge is 0.256 e. The summed E-state index contributed by atoms with van der Waals surface area (Å²) in [5, 5.41) is 22.1. The van der Waals surface area contributed by atoms with Crippen LogP contribution in [0.25, 0.3) is 11.6 Å². The van der Waals surface area contributed by atoms with E-state index in [1.54, 1.807) is 6.07 Å². The lowest BCUT2D eigenvalue weighted by Crippen LogP contribution is -2.42. The number of carbonyl (C=O) groups is 2. The van der Waals surface area contributed by atoms with Gasteiger partial charge in [0.05, 0.1) is 29.0 Å². The number of benzene rings is 1. The number of aliphatic hydroxyl groups is 2. The number of carbonyl (C=O) groups excluding carboxylic acids is 2. The van der Waals surface area contributed by atoms with Crippen molar-refractivity contribution in [2.75, 3.05) is 5.32 Å². The number of amides is 1. The molecule has 0 saturated heterocycles. The van der Waals surface area contributed by atoms with E-state index in [-0.39, 0.29) is 22.5 Å². The van der Waals surface area contributed by atoms with Crippen LogP contribution < -0.4 is 11.1 Å². The molecule has 3 rings (SSSR count). The Morgan fingerprint density at radius 3 is 2.69 bits per heavy atom. The first-order valence-corrected chi connectivity index (χ1v) is 8.87. The molecule has 1 amide bonds. The van der Waals surface area contributed by atoms with E-state index < -0.39 is 30.0 Å². The van der Waals surface area contributed by atoms with Gasteiger partial charge in [-0.25, -0.2) is 4.39 Å². The summed E-state index contributed by atoms with van der Waals surface area (Å²) in [5.74, 6) is 3.72. The van der Waals surface area contributed by atoms with Crippen LogP contribution in [-0.4, -0.2) is 45.1 Å². The van der Waals surface area contributed by atoms with Gasteiger partial charge in [0, 0.05) is 23.0 Å². The molecule has 2 heterocycles. The molecule has 1 aromatic heterocycles. The van der Waals surface area contributed by atoms with Crippen molar-refractivity contribution in [3.05, 3.63) is 52.6 Å². The van der Waals surface area contributed by atoms with Crippen LogP contribution in [0, 0.1) is 17.7 Å². The van der Waals surface area contributed by atoms with Gasteiger partial charge < -0.3 is 26.2 Å². The summed E-state index contributed by atoms with van der Waals surface area (Å²) in [7, 11) is 0. The fourth-order valence-corrected chi connectivity index (χ4v) is 2.88. The van der Waals surface area contributed by atoms with E-state index in [1.165, 1.54) is 32.2 Å². The fourth-order valence-electron chi connectivity index (χ4n) is 2.88. The van der Waals surface area contributed by atoms with Crippen molar-refractivity contribution >= 4 is 29.0 Å². The quantitative estimate of drug-likeness (QED) is 0.302. The lowest BCUT2D eigenvalue weighted by atomic mass is 9.98. The highest BCUT2D eigenvalue weighted by molar-refractivity contribution is 6.35. The number of halogens is 1. The number of rotatable bonds is 4. The van der Waals surface area contributed by atoms with Crippen LogP contribution in [0.5, 0.6) is 0 Å². The van der Waals surface area contributed by atoms with E-state index >= 15 is 0 Å². The Labute approximate surface area is 166 Å². The lowest BCUT2D eigenvalue weighted by molar-refractivity contribution is -0.110. The SMILES string of the molecule is CC(=O)c1c[nH]c(C=C2C(=O)Nc3ccc(F)c(C#C[C@@H](O)[C@@H](N)[C@@H](C)O)c32)c1. The Kier molecular flexibility index (Phi) is 5.66. The highest BCUT2D eigenvalue weighted by Gasteiger charge is 2.29. The van der Waals surface area contributed by atoms with Crippen LogP contribution in [0.3, 0.4) is 0 Å². The van der Waals surface area contributed by atoms with Gasteiger partial charge in [-0.05, 0) is 38.1 Å². The maximum atomic E-state index is 14.5. The average molecular weight is 397 g/mol. The predicted molar refractivity (Wildman–Crippen MR) is 106 cm³/mol. The van der Waals surface area contributed by atoms with Gasteiger partial charge in [-0.15, -0.1) is 0 Å². The van der Waals surface area contributed by atoms with Crippen LogP contribution in [0.1, 0.15) is 41.0 Å². The van der Waals surface area contributed by atoms with Crippen molar-refractivity contribution < 1.29 is 24.2 Å². The van der Waals surface area contributed by atoms with Gasteiger partial charge >= 0.3 is 0 Å². The van der Waals surface area contributed by atoms with Crippen molar-refractivity contribution in [3.63, 3.8) is 0 Å². The van der Waals surface area contributed by atoms with Crippen molar-refractivity contribution in [1.82, 2.24) is 4.98 Å². The van der Waals surface area contributed by atoms with Gasteiger partial charge in [-0.3, -0.25) is 9.59 Å². The number of ketones is 1. The summed E-state index contributed by atoms with van der Waals surface area (Å²) in [6.45, 7) is 2.83. The average Bonchev–Trinajstić information content (AvgIpc) is 3.25. The molecule has 0 saturated carbocycles. The van der Waals surface area contributed by atoms with E-state index in [4.69, 9.17) is 5.73 Å². The third-order valence-corrected chi connectivity index (χ3v) is 4.60. The van der Waals surface area contributed by atoms with Crippen LogP contribution >= 0.6 is 0 Å². The lowest BCUT2D eigenvalue weighted by Gasteiger charge is -2.16. The Morgan fingerprint density at radius 1 is 1.34 bits per heavy atom. The highest BCUT2D eigenvalue weighted by Crippen LogP contribution is 2.36. The number of hydrogen-bond acceptors (Lipinski definition) is 5. The number of anilines is 1. The van der Waals surface area contributed by atoms with Gasteiger partial charge in [0.15, 0.2) is 5.78 Å². The van der Waals surface area contributed by atoms with E-state index in [0.29, 0.717) is 16.9 Å². The van der Waals surface area contributed by atoms with Gasteiger partial charge in [0.1, 0.15) is 11.9 Å². The predicted octanol–water partition coefficient (Wildman–Crippen LogP) is 1.27. The van der Waals surface area contributed by atoms with Crippen molar-refractivity contribution in [2.24, 2.45) is 5.73 Å². The molecule has 150 valence electrons. The molecule has 0 spiro atoms. The zero-order chi connectivity index (χ0) is 21.3. The first-order chi connectivity index (χ1) is 13.7. The third kappa shape index (κ3) is 4.12. The monoisotopic (exact) mass is 397 g/mol. The number of fused-ring (bicyclic) bond motifs is 1. The zero-order valence-electron chi connectivity index (χ0n) is 15.8. The molecule has 1 aliphatic rings. The number of nitrogens with two attached hydrogens (primary N) is 1. The summed E-state index contributed by atoms with van der Waals surface area (Å²) in [6, 6.07) is 3.13. The molecule has 2 aromatic rings. The molecule has 6 N–H and O–H groups in total. The van der Waals surface area contributed by atoms with Crippen LogP contribution in [0.2, 0.25) is 0 Å². The summed E-state index contributed by atoms with van der Waals surface area (Å²) < 4.78 is 14.5. The molecule has 0 unspecified atom stereocenters. The molecule has 0 bridgehead atoms. The molecule has 29 heavy (non-hydrogen) atoms. The molecule has 0 fully saturated rings. The van der Waals surface area contributed by atoms with Crippen molar-refractivity contribution in [3.8, 4) is 11.8 Å². The molecule has 7 nitrogen and oxygen atoms in total. The fraction of sp³-hybridized carbons (Fsp3) is 0.238. The van der Waals surface area contributed by atoms with Gasteiger partial charge in [-0.1, -0.05) is 11.8 Å². The van der Waals surface area contributed by atoms with Crippen molar-refractivity contribution in [1.29, 1.82) is 0 Å². The first-order valence-electron chi connectivity index (χ1n) is 8.87. The third-order valence-electron chi connectivity index (χ3n) is 4.60. The molecule has 3 atom stereocenters. The van der Waals surface area contributed by atoms with Gasteiger partial charge in [0.25, 0.3) is 5.91 Å². The van der Waals surface area contributed by atoms with Crippen LogP contribution in [-0.2, 0) is 4.79 Å². The summed E-state index contributed by atoms with van der Waals surface area (Å²) in [6.07, 6.45) is 0.621. The molecule has 0 radical (unpaired) electrons. The maximum Gasteiger partial charge on any atom is 0.256 e. The topological polar surface area (TPSA) is 128 Å². The van der Waals surface area contributed by atoms with E-state index in [1.807, 2.05) is 0 Å². The molecule has 1 aliphatic heterocycles. The van der Waals surface area contributed by atoms with E-state index in [0.717, 1.165) is 6.07 Å². The Balaban J connectivity index is 2.07. The summed E-state index contributed by atoms with van der Waals surface area (Å²) >= 11 is 0. The molecular formula is C21H20FN3O4. The number of aromatic nitrogens is 1. The second kappa shape index (κ2) is 8.01. The van der Waals surface area contributed by atoms with E-state index in [2.05, 4.69) is 22.1 Å². The number of hydrogen-bond donors (Lipinski definition) is 5. The largest absolute Gasteiger partial charge is 0.392 e. The minimum Gasteiger partial charge on any atom is -0.392 e. The Morgan fingerprint density at radius 2 is 2.07 bits per heavy atom. The Bertz CT molecular complexity index is 1080. The zero-order valence-corrected chi connectivity index (χ0v) is 15.8. The summed E-state index contributed by atoms with van der Waals surface area (Å²) in [4.78, 5) is 26.8. The van der Waals surface area contributed by atoms with Gasteiger partial charge in [0.2, 0.25) is 0 Å². The second-order valence-corrected chi connectivity index (χ2v) is 6.79. The standard InChI is InChI=1S/C21H20FN3O4/c1-10(26)12-7-13(24-9-12)8-15-19-14(3-6-18(28)20(23)11(2)27)16(22)4-5-17(19)25-21(15)29/h4-5,7-9,11,18,20,24,27-28H,23H2,1-2H3,(H,25,29)/t11-,18-,20+/m1/s1. The van der Waals surface area contributed by atoms with Crippen molar-refractivity contribution in [2.45, 2.75) is 32.1 Å². The summed E-state index contributed by atoms with van der Waals surface area (Å²) in [5.41, 5.74) is 7.29. The number of aromatic amines is 1. The highest BCUT2D eigenvalue weighted by atomic mass is 19.1. The number of H-pyrrole nitrogens is 1. The molecule has 1 aromatic carbocycles. The van der Waals surface area contributed by atoms with E-state index in [9.17, 15) is 24.2 Å². The molecule has 0 aliphatic carbocycles. The Hall–Kier alpha value is -3.25. The molecule has 8 heteroatoms. The minimum absolute atomic E-state index is 0.0812. The second-order valence-electron chi connectivity index (χ2n) is 6.79. The molecular weight excluding hydrogens is 377 g/mol. The van der Waals surface area contributed by atoms with Crippen LogP contribution in [0.15, 0.2) is 24.4 Å². The maximum absolute atomic E-state index is 14.5. The first kappa shape index (κ1) is 20.5. The number of nitrogens with one attached hydrogen (secondary N) is 2. The van der Waals surface area contributed by atoms with Crippen LogP contribution in [0.4, 0.5) is 10.1 Å². The normalized spacial score (nSPS) is 17.2. The van der Waals surface area contributed by atoms with Gasteiger partial charge in [-0.2, -0.15) is 0 Å². The minimum atomic E-state index is -1.38. The number of aliphatic hydroxyl groups excluding tert-OH is 2.